The summed E-state index contributed by atoms with van der Waals surface area (Å²) in [7, 11) is 0. The lowest BCUT2D eigenvalue weighted by molar-refractivity contribution is -0.113. The molecule has 0 atom stereocenters. The Morgan fingerprint density at radius 2 is 1.74 bits per heavy atom. The van der Waals surface area contributed by atoms with Crippen molar-refractivity contribution < 1.29 is 4.79 Å². The summed E-state index contributed by atoms with van der Waals surface area (Å²) in [5.41, 5.74) is 5.24. The third-order valence-electron chi connectivity index (χ3n) is 4.24. The van der Waals surface area contributed by atoms with Crippen molar-refractivity contribution >= 4 is 23.5 Å². The molecule has 0 radical (unpaired) electrons. The molecule has 5 heteroatoms. The first-order chi connectivity index (χ1) is 13.1. The van der Waals surface area contributed by atoms with Crippen LogP contribution in [0.4, 0.5) is 5.69 Å². The summed E-state index contributed by atoms with van der Waals surface area (Å²) in [5, 5.41) is 3.52. The summed E-state index contributed by atoms with van der Waals surface area (Å²) in [4.78, 5) is 16.5. The van der Waals surface area contributed by atoms with Crippen LogP contribution in [0.2, 0.25) is 0 Å². The van der Waals surface area contributed by atoms with Gasteiger partial charge in [0.1, 0.15) is 0 Å². The van der Waals surface area contributed by atoms with Crippen LogP contribution in [-0.2, 0) is 11.2 Å². The van der Waals surface area contributed by atoms with Gasteiger partial charge in [0, 0.05) is 34.6 Å². The highest BCUT2D eigenvalue weighted by atomic mass is 32.2. The van der Waals surface area contributed by atoms with Gasteiger partial charge in [0.05, 0.1) is 0 Å². The molecule has 0 fully saturated rings. The number of hydrogen-bond donors (Lipinski definition) is 2. The highest BCUT2D eigenvalue weighted by Gasteiger charge is 2.14. The highest BCUT2D eigenvalue weighted by Crippen LogP contribution is 2.21. The molecule has 1 amide bonds. The van der Waals surface area contributed by atoms with Crippen molar-refractivity contribution in [1.29, 1.82) is 0 Å². The van der Waals surface area contributed by atoms with Gasteiger partial charge in [-0.1, -0.05) is 44.0 Å². The maximum Gasteiger partial charge on any atom is 0.251 e. The second kappa shape index (κ2) is 9.42. The van der Waals surface area contributed by atoms with Crippen molar-refractivity contribution in [3.05, 3.63) is 83.3 Å². The largest absolute Gasteiger partial charge is 0.333 e. The van der Waals surface area contributed by atoms with Crippen molar-refractivity contribution in [2.75, 3.05) is 5.32 Å². The number of nitrogens with one attached hydrogen (secondary N) is 2. The molecule has 0 saturated heterocycles. The number of carbonyl (C=O) groups is 1. The van der Waals surface area contributed by atoms with E-state index in [1.54, 1.807) is 24.3 Å². The van der Waals surface area contributed by atoms with E-state index < -0.39 is 0 Å². The predicted octanol–water partition coefficient (Wildman–Crippen LogP) is 4.86. The van der Waals surface area contributed by atoms with E-state index >= 15 is 0 Å². The molecule has 1 aromatic carbocycles. The number of anilines is 1. The van der Waals surface area contributed by atoms with Crippen molar-refractivity contribution in [3.63, 3.8) is 0 Å². The van der Waals surface area contributed by atoms with Gasteiger partial charge in [-0.2, -0.15) is 0 Å². The van der Waals surface area contributed by atoms with E-state index in [-0.39, 0.29) is 5.91 Å². The third-order valence-corrected chi connectivity index (χ3v) is 5.09. The van der Waals surface area contributed by atoms with Gasteiger partial charge in [0.15, 0.2) is 0 Å². The first kappa shape index (κ1) is 19.2. The van der Waals surface area contributed by atoms with Crippen LogP contribution in [0.5, 0.6) is 0 Å². The van der Waals surface area contributed by atoms with Gasteiger partial charge in [-0.05, 0) is 60.7 Å². The lowest BCUT2D eigenvalue weighted by Crippen LogP contribution is -2.17. The number of rotatable bonds is 7. The SMILES string of the molecule is CC(C)SNC1=CC=C(C(=O)Nc2ccc(Cc3ccncc3)cc2)CC1. The molecule has 1 aliphatic carbocycles. The van der Waals surface area contributed by atoms with Crippen molar-refractivity contribution in [2.45, 2.75) is 38.4 Å². The van der Waals surface area contributed by atoms with Gasteiger partial charge in [-0.3, -0.25) is 9.78 Å². The lowest BCUT2D eigenvalue weighted by Gasteiger charge is -2.17. The fraction of sp³-hybridized carbons (Fsp3) is 0.273. The first-order valence-electron chi connectivity index (χ1n) is 9.21. The van der Waals surface area contributed by atoms with Crippen LogP contribution >= 0.6 is 11.9 Å². The zero-order chi connectivity index (χ0) is 19.1. The van der Waals surface area contributed by atoms with E-state index in [0.717, 1.165) is 30.5 Å². The molecular weight excluding hydrogens is 354 g/mol. The Bertz CT molecular complexity index is 826. The number of amides is 1. The Morgan fingerprint density at radius 3 is 2.37 bits per heavy atom. The average molecular weight is 380 g/mol. The topological polar surface area (TPSA) is 54.0 Å². The fourth-order valence-electron chi connectivity index (χ4n) is 2.76. The zero-order valence-corrected chi connectivity index (χ0v) is 16.6. The highest BCUT2D eigenvalue weighted by molar-refractivity contribution is 7.98. The molecule has 140 valence electrons. The Balaban J connectivity index is 1.55. The molecule has 1 aliphatic rings. The van der Waals surface area contributed by atoms with Gasteiger partial charge in [-0.25, -0.2) is 0 Å². The fourth-order valence-corrected chi connectivity index (χ4v) is 3.32. The van der Waals surface area contributed by atoms with Crippen LogP contribution in [0.1, 0.15) is 37.8 Å². The molecule has 0 unspecified atom stereocenters. The van der Waals surface area contributed by atoms with Gasteiger partial charge in [-0.15, -0.1) is 0 Å². The second-order valence-electron chi connectivity index (χ2n) is 6.84. The molecule has 2 N–H and O–H groups in total. The quantitative estimate of drug-likeness (QED) is 0.675. The van der Waals surface area contributed by atoms with Gasteiger partial charge in [0.2, 0.25) is 0 Å². The standard InChI is InChI=1S/C22H25N3OS/c1-16(2)27-25-21-9-5-19(6-10-21)22(26)24-20-7-3-17(4-8-20)15-18-11-13-23-14-12-18/h3-5,7-9,11-14,16,25H,6,10,15H2,1-2H3,(H,24,26). The number of pyridine rings is 1. The number of carbonyl (C=O) groups excluding carboxylic acids is 1. The van der Waals surface area contributed by atoms with Crippen molar-refractivity contribution in [1.82, 2.24) is 9.71 Å². The van der Waals surface area contributed by atoms with Crippen LogP contribution < -0.4 is 10.0 Å². The van der Waals surface area contributed by atoms with E-state index in [1.807, 2.05) is 36.4 Å². The maximum atomic E-state index is 12.5. The van der Waals surface area contributed by atoms with Gasteiger partial charge in [0.25, 0.3) is 5.91 Å². The zero-order valence-electron chi connectivity index (χ0n) is 15.7. The molecule has 2 aromatic rings. The van der Waals surface area contributed by atoms with Crippen LogP contribution in [-0.4, -0.2) is 16.1 Å². The number of benzene rings is 1. The third kappa shape index (κ3) is 6.00. The summed E-state index contributed by atoms with van der Waals surface area (Å²) in [6, 6.07) is 12.1. The van der Waals surface area contributed by atoms with Crippen LogP contribution in [0.25, 0.3) is 0 Å². The monoisotopic (exact) mass is 379 g/mol. The lowest BCUT2D eigenvalue weighted by atomic mass is 10.0. The van der Waals surface area contributed by atoms with Crippen LogP contribution in [0.15, 0.2) is 72.2 Å². The van der Waals surface area contributed by atoms with E-state index in [0.29, 0.717) is 5.25 Å². The summed E-state index contributed by atoms with van der Waals surface area (Å²) in [6.45, 7) is 4.30. The predicted molar refractivity (Wildman–Crippen MR) is 113 cm³/mol. The van der Waals surface area contributed by atoms with Gasteiger partial charge >= 0.3 is 0 Å². The molecular formula is C22H25N3OS. The number of nitrogens with zero attached hydrogens (tertiary/aromatic N) is 1. The molecule has 3 rings (SSSR count). The maximum absolute atomic E-state index is 12.5. The molecule has 1 aromatic heterocycles. The normalized spacial score (nSPS) is 13.7. The molecule has 0 aliphatic heterocycles. The summed E-state index contributed by atoms with van der Waals surface area (Å²) in [6.07, 6.45) is 10.0. The average Bonchev–Trinajstić information content (AvgIpc) is 2.69. The smallest absolute Gasteiger partial charge is 0.251 e. The molecule has 27 heavy (non-hydrogen) atoms. The number of allylic oxidation sites excluding steroid dienone is 3. The van der Waals surface area contributed by atoms with Crippen molar-refractivity contribution in [3.8, 4) is 0 Å². The Kier molecular flexibility index (Phi) is 6.71. The van der Waals surface area contributed by atoms with E-state index in [2.05, 4.69) is 41.0 Å². The molecule has 4 nitrogen and oxygen atoms in total. The van der Waals surface area contributed by atoms with E-state index in [9.17, 15) is 4.79 Å². The van der Waals surface area contributed by atoms with Crippen LogP contribution in [0, 0.1) is 0 Å². The summed E-state index contributed by atoms with van der Waals surface area (Å²) >= 11 is 1.70. The second-order valence-corrected chi connectivity index (χ2v) is 8.22. The molecule has 0 spiro atoms. The minimum absolute atomic E-state index is 0.0244. The molecule has 0 saturated carbocycles. The van der Waals surface area contributed by atoms with Crippen molar-refractivity contribution in [2.24, 2.45) is 0 Å². The minimum Gasteiger partial charge on any atom is -0.333 e. The summed E-state index contributed by atoms with van der Waals surface area (Å²) in [5.74, 6) is -0.0244. The number of aromatic nitrogens is 1. The molecule has 0 bridgehead atoms. The van der Waals surface area contributed by atoms with Crippen LogP contribution in [0.3, 0.4) is 0 Å². The Labute approximate surface area is 165 Å². The summed E-state index contributed by atoms with van der Waals surface area (Å²) < 4.78 is 3.35. The molecule has 1 heterocycles. The Morgan fingerprint density at radius 1 is 1.04 bits per heavy atom. The van der Waals surface area contributed by atoms with E-state index in [1.165, 1.54) is 16.8 Å². The minimum atomic E-state index is -0.0244. The Hall–Kier alpha value is -2.53. The van der Waals surface area contributed by atoms with E-state index in [4.69, 9.17) is 0 Å². The number of hydrogen-bond acceptors (Lipinski definition) is 4. The van der Waals surface area contributed by atoms with Gasteiger partial charge < -0.3 is 10.0 Å². The first-order valence-corrected chi connectivity index (χ1v) is 10.1.